The zero-order valence-corrected chi connectivity index (χ0v) is 17.9. The van der Waals surface area contributed by atoms with Gasteiger partial charge in [-0.1, -0.05) is 35.9 Å². The summed E-state index contributed by atoms with van der Waals surface area (Å²) in [6, 6.07) is 13.8. The first-order valence-corrected chi connectivity index (χ1v) is 10.4. The van der Waals surface area contributed by atoms with Gasteiger partial charge in [-0.05, 0) is 61.7 Å². The van der Waals surface area contributed by atoms with Crippen molar-refractivity contribution in [3.8, 4) is 11.5 Å². The predicted molar refractivity (Wildman–Crippen MR) is 116 cm³/mol. The van der Waals surface area contributed by atoms with E-state index in [1.165, 1.54) is 0 Å². The smallest absolute Gasteiger partial charge is 0.223 e. The van der Waals surface area contributed by atoms with Crippen molar-refractivity contribution < 1.29 is 14.3 Å². The molecule has 2 aromatic rings. The Morgan fingerprint density at radius 1 is 1.10 bits per heavy atom. The Balaban J connectivity index is 1.41. The Hall–Kier alpha value is -2.24. The maximum absolute atomic E-state index is 12.5. The first-order valence-electron chi connectivity index (χ1n) is 10.0. The van der Waals surface area contributed by atoms with Gasteiger partial charge in [-0.3, -0.25) is 9.69 Å². The van der Waals surface area contributed by atoms with E-state index in [2.05, 4.69) is 16.3 Å². The van der Waals surface area contributed by atoms with Gasteiger partial charge in [-0.25, -0.2) is 0 Å². The van der Waals surface area contributed by atoms with Gasteiger partial charge in [-0.15, -0.1) is 0 Å². The topological polar surface area (TPSA) is 50.8 Å². The monoisotopic (exact) mass is 416 g/mol. The second kappa shape index (κ2) is 10.5. The lowest BCUT2D eigenvalue weighted by atomic mass is 9.95. The van der Waals surface area contributed by atoms with E-state index in [0.29, 0.717) is 18.0 Å². The summed E-state index contributed by atoms with van der Waals surface area (Å²) in [6.07, 6.45) is 2.52. The number of ether oxygens (including phenoxy) is 2. The lowest BCUT2D eigenvalue weighted by molar-refractivity contribution is -0.126. The molecule has 6 heteroatoms. The lowest BCUT2D eigenvalue weighted by Crippen LogP contribution is -2.40. The van der Waals surface area contributed by atoms with Crippen LogP contribution in [0.4, 0.5) is 0 Å². The van der Waals surface area contributed by atoms with Crippen molar-refractivity contribution in [2.24, 2.45) is 5.92 Å². The zero-order chi connectivity index (χ0) is 20.6. The van der Waals surface area contributed by atoms with E-state index in [-0.39, 0.29) is 11.8 Å². The third kappa shape index (κ3) is 5.87. The molecule has 0 unspecified atom stereocenters. The van der Waals surface area contributed by atoms with Crippen LogP contribution in [0.5, 0.6) is 11.5 Å². The van der Waals surface area contributed by atoms with Gasteiger partial charge >= 0.3 is 0 Å². The molecule has 1 fully saturated rings. The van der Waals surface area contributed by atoms with E-state index in [0.717, 1.165) is 55.0 Å². The van der Waals surface area contributed by atoms with Gasteiger partial charge < -0.3 is 14.8 Å². The highest BCUT2D eigenvalue weighted by atomic mass is 35.5. The molecule has 1 heterocycles. The first kappa shape index (κ1) is 21.5. The molecule has 0 radical (unpaired) electrons. The van der Waals surface area contributed by atoms with Crippen molar-refractivity contribution in [1.29, 1.82) is 0 Å². The van der Waals surface area contributed by atoms with Crippen LogP contribution in [0.15, 0.2) is 42.5 Å². The van der Waals surface area contributed by atoms with E-state index in [1.807, 2.05) is 36.4 Å². The summed E-state index contributed by atoms with van der Waals surface area (Å²) in [6.45, 7) is 3.29. The van der Waals surface area contributed by atoms with Gasteiger partial charge in [0.1, 0.15) is 0 Å². The fourth-order valence-electron chi connectivity index (χ4n) is 3.73. The highest BCUT2D eigenvalue weighted by Gasteiger charge is 2.25. The van der Waals surface area contributed by atoms with Crippen molar-refractivity contribution in [1.82, 2.24) is 10.2 Å². The highest BCUT2D eigenvalue weighted by Crippen LogP contribution is 2.27. The van der Waals surface area contributed by atoms with E-state index < -0.39 is 0 Å². The molecule has 0 spiro atoms. The van der Waals surface area contributed by atoms with Gasteiger partial charge in [0.05, 0.1) is 14.2 Å². The van der Waals surface area contributed by atoms with Crippen LogP contribution >= 0.6 is 11.6 Å². The Morgan fingerprint density at radius 3 is 2.52 bits per heavy atom. The van der Waals surface area contributed by atoms with Gasteiger partial charge in [0.15, 0.2) is 11.5 Å². The minimum absolute atomic E-state index is 0.0860. The number of methoxy groups -OCH3 is 2. The maximum atomic E-state index is 12.5. The number of nitrogens with zero attached hydrogens (tertiary/aromatic N) is 1. The zero-order valence-electron chi connectivity index (χ0n) is 17.1. The number of hydrogen-bond acceptors (Lipinski definition) is 4. The number of likely N-dealkylation sites (tertiary alicyclic amines) is 1. The van der Waals surface area contributed by atoms with Crippen molar-refractivity contribution in [2.45, 2.75) is 25.8 Å². The van der Waals surface area contributed by atoms with Gasteiger partial charge in [-0.2, -0.15) is 0 Å². The van der Waals surface area contributed by atoms with E-state index >= 15 is 0 Å². The normalized spacial score (nSPS) is 15.1. The Morgan fingerprint density at radius 2 is 1.83 bits per heavy atom. The van der Waals surface area contributed by atoms with Gasteiger partial charge in [0.2, 0.25) is 5.91 Å². The number of carbonyl (C=O) groups excluding carboxylic acids is 1. The van der Waals surface area contributed by atoms with Crippen molar-refractivity contribution in [3.63, 3.8) is 0 Å². The third-order valence-electron chi connectivity index (χ3n) is 5.47. The first-order chi connectivity index (χ1) is 14.1. The van der Waals surface area contributed by atoms with E-state index in [4.69, 9.17) is 21.1 Å². The molecule has 0 aliphatic carbocycles. The molecule has 1 aliphatic rings. The largest absolute Gasteiger partial charge is 0.493 e. The van der Waals surface area contributed by atoms with Crippen LogP contribution < -0.4 is 14.8 Å². The molecule has 156 valence electrons. The molecule has 2 aromatic carbocycles. The number of amides is 1. The number of halogens is 1. The Labute approximate surface area is 177 Å². The van der Waals surface area contributed by atoms with E-state index in [9.17, 15) is 4.79 Å². The summed E-state index contributed by atoms with van der Waals surface area (Å²) in [4.78, 5) is 14.9. The number of hydrogen-bond donors (Lipinski definition) is 1. The molecule has 0 bridgehead atoms. The molecule has 0 atom stereocenters. The third-order valence-corrected chi connectivity index (χ3v) is 5.84. The van der Waals surface area contributed by atoms with Crippen molar-refractivity contribution in [3.05, 3.63) is 58.6 Å². The van der Waals surface area contributed by atoms with Crippen LogP contribution in [0.1, 0.15) is 24.0 Å². The molecule has 1 N–H and O–H groups in total. The van der Waals surface area contributed by atoms with Gasteiger partial charge in [0, 0.05) is 24.0 Å². The van der Waals surface area contributed by atoms with Crippen LogP contribution in [0.3, 0.4) is 0 Å². The molecule has 5 nitrogen and oxygen atoms in total. The maximum Gasteiger partial charge on any atom is 0.223 e. The minimum atomic E-state index is 0.0860. The molecule has 29 heavy (non-hydrogen) atoms. The SMILES string of the molecule is COc1ccc(CCNC(=O)C2CCN(Cc3ccccc3Cl)CC2)cc1OC. The summed E-state index contributed by atoms with van der Waals surface area (Å²) in [5.74, 6) is 1.66. The Kier molecular flexibility index (Phi) is 7.78. The van der Waals surface area contributed by atoms with Crippen LogP contribution in [0, 0.1) is 5.92 Å². The number of carbonyl (C=O) groups is 1. The molecule has 1 amide bonds. The Bertz CT molecular complexity index is 820. The fraction of sp³-hybridized carbons (Fsp3) is 0.435. The van der Waals surface area contributed by atoms with Crippen LogP contribution in [0.25, 0.3) is 0 Å². The fourth-order valence-corrected chi connectivity index (χ4v) is 3.93. The number of piperidine rings is 1. The number of nitrogens with one attached hydrogen (secondary N) is 1. The molecule has 1 aliphatic heterocycles. The average molecular weight is 417 g/mol. The molecular formula is C23H29ClN2O3. The lowest BCUT2D eigenvalue weighted by Gasteiger charge is -2.31. The second-order valence-electron chi connectivity index (χ2n) is 7.37. The quantitative estimate of drug-likeness (QED) is 0.708. The summed E-state index contributed by atoms with van der Waals surface area (Å²) in [5, 5.41) is 3.90. The van der Waals surface area contributed by atoms with Crippen LogP contribution in [-0.2, 0) is 17.8 Å². The molecule has 1 saturated heterocycles. The summed E-state index contributed by atoms with van der Waals surface area (Å²) >= 11 is 6.26. The van der Waals surface area contributed by atoms with Crippen molar-refractivity contribution in [2.75, 3.05) is 33.9 Å². The van der Waals surface area contributed by atoms with Crippen LogP contribution in [0.2, 0.25) is 5.02 Å². The highest BCUT2D eigenvalue weighted by molar-refractivity contribution is 6.31. The summed E-state index contributed by atoms with van der Waals surface area (Å²) in [5.41, 5.74) is 2.25. The van der Waals surface area contributed by atoms with Crippen molar-refractivity contribution >= 4 is 17.5 Å². The average Bonchev–Trinajstić information content (AvgIpc) is 2.75. The molecule has 3 rings (SSSR count). The van der Waals surface area contributed by atoms with E-state index in [1.54, 1.807) is 14.2 Å². The van der Waals surface area contributed by atoms with Crippen LogP contribution in [-0.4, -0.2) is 44.7 Å². The van der Waals surface area contributed by atoms with Gasteiger partial charge in [0.25, 0.3) is 0 Å². The molecule has 0 saturated carbocycles. The predicted octanol–water partition coefficient (Wildman–Crippen LogP) is 3.93. The molecule has 0 aromatic heterocycles. The number of benzene rings is 2. The standard InChI is InChI=1S/C23H29ClN2O3/c1-28-21-8-7-17(15-22(21)29-2)9-12-25-23(27)18-10-13-26(14-11-18)16-19-5-3-4-6-20(19)24/h3-8,15,18H,9-14,16H2,1-2H3,(H,25,27). The summed E-state index contributed by atoms with van der Waals surface area (Å²) < 4.78 is 10.6. The second-order valence-corrected chi connectivity index (χ2v) is 7.78. The minimum Gasteiger partial charge on any atom is -0.493 e. The summed E-state index contributed by atoms with van der Waals surface area (Å²) in [7, 11) is 3.25. The molecular weight excluding hydrogens is 388 g/mol. The number of rotatable bonds is 8.